The average Bonchev–Trinajstić information content (AvgIpc) is 2.32. The molecule has 0 spiro atoms. The van der Waals surface area contributed by atoms with Crippen LogP contribution in [0.25, 0.3) is 0 Å². The lowest BCUT2D eigenvalue weighted by Gasteiger charge is -2.06. The number of rotatable bonds is 3. The molecule has 2 aromatic rings. The topological polar surface area (TPSA) is 112 Å². The van der Waals surface area contributed by atoms with E-state index in [4.69, 9.17) is 5.11 Å². The van der Waals surface area contributed by atoms with Crippen molar-refractivity contribution in [2.24, 2.45) is 0 Å². The highest BCUT2D eigenvalue weighted by Crippen LogP contribution is 2.11. The Kier molecular flexibility index (Phi) is 3.19. The van der Waals surface area contributed by atoms with Gasteiger partial charge in [0.1, 0.15) is 11.3 Å². The molecule has 0 aliphatic carbocycles. The minimum Gasteiger partial charge on any atom is -0.508 e. The molecule has 0 saturated carbocycles. The van der Waals surface area contributed by atoms with Crippen LogP contribution < -0.4 is 11.2 Å². The quantitative estimate of drug-likeness (QED) is 0.720. The molecule has 0 fully saturated rings. The SMILES string of the molecule is O=C(O)c1cn(Cc2cccc(O)c2)c(=O)[nH]c1=O. The number of H-pyrrole nitrogens is 1. The van der Waals surface area contributed by atoms with Crippen LogP contribution in [0.5, 0.6) is 5.75 Å². The van der Waals surface area contributed by atoms with Crippen molar-refractivity contribution in [2.75, 3.05) is 0 Å². The molecule has 98 valence electrons. The summed E-state index contributed by atoms with van der Waals surface area (Å²) in [4.78, 5) is 35.6. The fourth-order valence-electron chi connectivity index (χ4n) is 1.63. The lowest BCUT2D eigenvalue weighted by molar-refractivity contribution is 0.0693. The van der Waals surface area contributed by atoms with Crippen molar-refractivity contribution in [1.82, 2.24) is 9.55 Å². The first-order chi connectivity index (χ1) is 8.97. The highest BCUT2D eigenvalue weighted by atomic mass is 16.4. The van der Waals surface area contributed by atoms with Crippen molar-refractivity contribution in [3.05, 3.63) is 62.4 Å². The van der Waals surface area contributed by atoms with Crippen LogP contribution in [-0.4, -0.2) is 25.7 Å². The molecular formula is C12H10N2O5. The Hall–Kier alpha value is -2.83. The minimum atomic E-state index is -1.41. The van der Waals surface area contributed by atoms with E-state index in [9.17, 15) is 19.5 Å². The predicted octanol–water partition coefficient (Wildman–Crippen LogP) is -0.0113. The number of phenols is 1. The Bertz CT molecular complexity index is 744. The molecule has 1 aromatic carbocycles. The van der Waals surface area contributed by atoms with E-state index >= 15 is 0 Å². The maximum Gasteiger partial charge on any atom is 0.342 e. The van der Waals surface area contributed by atoms with Crippen molar-refractivity contribution >= 4 is 5.97 Å². The number of carboxylic acid groups (broad SMARTS) is 1. The van der Waals surface area contributed by atoms with Gasteiger partial charge in [0.15, 0.2) is 0 Å². The van der Waals surface area contributed by atoms with Crippen LogP contribution in [0.2, 0.25) is 0 Å². The van der Waals surface area contributed by atoms with E-state index in [1.165, 1.54) is 12.1 Å². The van der Waals surface area contributed by atoms with Crippen molar-refractivity contribution in [3.63, 3.8) is 0 Å². The number of aromatic nitrogens is 2. The molecule has 19 heavy (non-hydrogen) atoms. The van der Waals surface area contributed by atoms with Gasteiger partial charge in [-0.2, -0.15) is 0 Å². The van der Waals surface area contributed by atoms with Gasteiger partial charge in [0, 0.05) is 6.20 Å². The molecule has 0 radical (unpaired) electrons. The molecule has 0 aliphatic heterocycles. The van der Waals surface area contributed by atoms with Gasteiger partial charge in [-0.1, -0.05) is 12.1 Å². The Balaban J connectivity index is 2.46. The third-order valence-electron chi connectivity index (χ3n) is 2.50. The highest BCUT2D eigenvalue weighted by Gasteiger charge is 2.11. The van der Waals surface area contributed by atoms with Gasteiger partial charge in [-0.15, -0.1) is 0 Å². The summed E-state index contributed by atoms with van der Waals surface area (Å²) >= 11 is 0. The molecule has 0 aliphatic rings. The van der Waals surface area contributed by atoms with E-state index in [0.717, 1.165) is 10.8 Å². The summed E-state index contributed by atoms with van der Waals surface area (Å²) < 4.78 is 1.06. The zero-order valence-corrected chi connectivity index (χ0v) is 9.66. The maximum absolute atomic E-state index is 11.6. The summed E-state index contributed by atoms with van der Waals surface area (Å²) in [5.41, 5.74) is -1.56. The van der Waals surface area contributed by atoms with E-state index in [1.807, 2.05) is 4.98 Å². The Morgan fingerprint density at radius 1 is 1.32 bits per heavy atom. The Morgan fingerprint density at radius 2 is 2.05 bits per heavy atom. The molecular weight excluding hydrogens is 252 g/mol. The fourth-order valence-corrected chi connectivity index (χ4v) is 1.63. The lowest BCUT2D eigenvalue weighted by Crippen LogP contribution is -2.33. The molecule has 2 rings (SSSR count). The van der Waals surface area contributed by atoms with Gasteiger partial charge in [0.05, 0.1) is 6.54 Å². The van der Waals surface area contributed by atoms with Gasteiger partial charge in [-0.25, -0.2) is 9.59 Å². The first-order valence-electron chi connectivity index (χ1n) is 5.32. The summed E-state index contributed by atoms with van der Waals surface area (Å²) in [7, 11) is 0. The molecule has 0 unspecified atom stereocenters. The van der Waals surface area contributed by atoms with Crippen LogP contribution >= 0.6 is 0 Å². The lowest BCUT2D eigenvalue weighted by atomic mass is 10.2. The van der Waals surface area contributed by atoms with Gasteiger partial charge in [-0.3, -0.25) is 14.3 Å². The van der Waals surface area contributed by atoms with Gasteiger partial charge >= 0.3 is 11.7 Å². The number of carboxylic acids is 1. The molecule has 0 amide bonds. The summed E-state index contributed by atoms with van der Waals surface area (Å²) in [6.45, 7) is 0.0459. The highest BCUT2D eigenvalue weighted by molar-refractivity contribution is 5.86. The second-order valence-corrected chi connectivity index (χ2v) is 3.91. The first-order valence-corrected chi connectivity index (χ1v) is 5.32. The molecule has 1 aromatic heterocycles. The van der Waals surface area contributed by atoms with E-state index in [2.05, 4.69) is 0 Å². The zero-order chi connectivity index (χ0) is 14.0. The molecule has 0 saturated heterocycles. The Labute approximate surface area is 106 Å². The van der Waals surface area contributed by atoms with Gasteiger partial charge in [0.2, 0.25) is 0 Å². The summed E-state index contributed by atoms with van der Waals surface area (Å²) in [6.07, 6.45) is 0.980. The number of phenolic OH excluding ortho intramolecular Hbond substituents is 1. The minimum absolute atomic E-state index is 0.0356. The second kappa shape index (κ2) is 4.81. The fraction of sp³-hybridized carbons (Fsp3) is 0.0833. The number of benzene rings is 1. The number of hydrogen-bond acceptors (Lipinski definition) is 4. The number of aromatic hydroxyl groups is 1. The van der Waals surface area contributed by atoms with Gasteiger partial charge in [-0.05, 0) is 17.7 Å². The third-order valence-corrected chi connectivity index (χ3v) is 2.50. The zero-order valence-electron chi connectivity index (χ0n) is 9.66. The molecule has 3 N–H and O–H groups in total. The van der Waals surface area contributed by atoms with Crippen molar-refractivity contribution in [3.8, 4) is 5.75 Å². The number of hydrogen-bond donors (Lipinski definition) is 3. The molecule has 7 heteroatoms. The standard InChI is InChI=1S/C12H10N2O5/c15-8-3-1-2-7(4-8)5-14-6-9(11(17)18)10(16)13-12(14)19/h1-4,6,15H,5H2,(H,17,18)(H,13,16,19). The number of aromatic carboxylic acids is 1. The van der Waals surface area contributed by atoms with Crippen molar-refractivity contribution in [2.45, 2.75) is 6.54 Å². The molecule has 7 nitrogen and oxygen atoms in total. The van der Waals surface area contributed by atoms with Crippen LogP contribution in [-0.2, 0) is 6.54 Å². The van der Waals surface area contributed by atoms with E-state index in [1.54, 1.807) is 12.1 Å². The molecule has 0 bridgehead atoms. The van der Waals surface area contributed by atoms with E-state index < -0.39 is 22.8 Å². The maximum atomic E-state index is 11.6. The summed E-state index contributed by atoms with van der Waals surface area (Å²) in [5, 5.41) is 18.1. The van der Waals surface area contributed by atoms with Crippen LogP contribution in [0.15, 0.2) is 40.1 Å². The number of carbonyl (C=O) groups is 1. The van der Waals surface area contributed by atoms with E-state index in [-0.39, 0.29) is 12.3 Å². The van der Waals surface area contributed by atoms with Crippen molar-refractivity contribution in [1.29, 1.82) is 0 Å². The van der Waals surface area contributed by atoms with Crippen LogP contribution in [0.1, 0.15) is 15.9 Å². The number of nitrogens with zero attached hydrogens (tertiary/aromatic N) is 1. The normalized spacial score (nSPS) is 10.3. The predicted molar refractivity (Wildman–Crippen MR) is 65.5 cm³/mol. The number of nitrogens with one attached hydrogen (secondary N) is 1. The van der Waals surface area contributed by atoms with Gasteiger partial charge < -0.3 is 10.2 Å². The summed E-state index contributed by atoms with van der Waals surface area (Å²) in [5.74, 6) is -1.38. The molecule has 0 atom stereocenters. The van der Waals surface area contributed by atoms with Gasteiger partial charge in [0.25, 0.3) is 5.56 Å². The monoisotopic (exact) mass is 262 g/mol. The summed E-state index contributed by atoms with van der Waals surface area (Å²) in [6, 6.07) is 6.18. The molecule has 1 heterocycles. The van der Waals surface area contributed by atoms with Crippen molar-refractivity contribution < 1.29 is 15.0 Å². The Morgan fingerprint density at radius 3 is 2.68 bits per heavy atom. The third kappa shape index (κ3) is 2.71. The van der Waals surface area contributed by atoms with Crippen LogP contribution in [0.4, 0.5) is 0 Å². The van der Waals surface area contributed by atoms with Crippen LogP contribution in [0, 0.1) is 0 Å². The van der Waals surface area contributed by atoms with E-state index in [0.29, 0.717) is 5.56 Å². The second-order valence-electron chi connectivity index (χ2n) is 3.91. The first kappa shape index (κ1) is 12.6. The average molecular weight is 262 g/mol. The largest absolute Gasteiger partial charge is 0.508 e. The van der Waals surface area contributed by atoms with Crippen LogP contribution in [0.3, 0.4) is 0 Å². The smallest absolute Gasteiger partial charge is 0.342 e. The number of aromatic amines is 1.